The summed E-state index contributed by atoms with van der Waals surface area (Å²) in [5.41, 5.74) is 1.11. The highest BCUT2D eigenvalue weighted by molar-refractivity contribution is 7.11. The second-order valence-electron chi connectivity index (χ2n) is 6.16. The summed E-state index contributed by atoms with van der Waals surface area (Å²) in [5.74, 6) is 1.55. The summed E-state index contributed by atoms with van der Waals surface area (Å²) in [7, 11) is 6.14. The molecule has 0 saturated heterocycles. The molecule has 0 spiro atoms. The number of nitrogens with zero attached hydrogens (tertiary/aromatic N) is 3. The van der Waals surface area contributed by atoms with Gasteiger partial charge in [0.25, 0.3) is 0 Å². The minimum atomic E-state index is 0.510. The lowest BCUT2D eigenvalue weighted by molar-refractivity contribution is 0.200. The Morgan fingerprint density at radius 3 is 2.30 bits per heavy atom. The molecule has 132 valence electrons. The van der Waals surface area contributed by atoms with Crippen LogP contribution in [-0.4, -0.2) is 49.6 Å². The molecular formula is C17H33N5S. The van der Waals surface area contributed by atoms with Gasteiger partial charge in [-0.2, -0.15) is 0 Å². The van der Waals surface area contributed by atoms with Gasteiger partial charge in [0.05, 0.1) is 17.2 Å². The third-order valence-electron chi connectivity index (χ3n) is 4.37. The topological polar surface area (TPSA) is 52.6 Å². The summed E-state index contributed by atoms with van der Waals surface area (Å²) in [6, 6.07) is 0.510. The molecule has 1 heterocycles. The molecule has 0 bridgehead atoms. The Morgan fingerprint density at radius 1 is 1.22 bits per heavy atom. The van der Waals surface area contributed by atoms with Gasteiger partial charge < -0.3 is 15.5 Å². The zero-order valence-electron chi connectivity index (χ0n) is 15.7. The number of aryl methyl sites for hydroxylation is 2. The van der Waals surface area contributed by atoms with Crippen LogP contribution in [0.5, 0.6) is 0 Å². The van der Waals surface area contributed by atoms with Gasteiger partial charge in [0.1, 0.15) is 0 Å². The minimum absolute atomic E-state index is 0.510. The van der Waals surface area contributed by atoms with E-state index in [9.17, 15) is 0 Å². The summed E-state index contributed by atoms with van der Waals surface area (Å²) in [6.45, 7) is 10.3. The fraction of sp³-hybridized carbons (Fsp3) is 0.765. The quantitative estimate of drug-likeness (QED) is 0.565. The number of hydrogen-bond acceptors (Lipinski definition) is 4. The van der Waals surface area contributed by atoms with Gasteiger partial charge in [-0.25, -0.2) is 4.98 Å². The van der Waals surface area contributed by atoms with Gasteiger partial charge in [0, 0.05) is 24.5 Å². The molecule has 1 aromatic rings. The normalized spacial score (nSPS) is 13.7. The van der Waals surface area contributed by atoms with Gasteiger partial charge >= 0.3 is 0 Å². The van der Waals surface area contributed by atoms with Crippen LogP contribution in [0.25, 0.3) is 0 Å². The van der Waals surface area contributed by atoms with Crippen LogP contribution in [0.1, 0.15) is 42.3 Å². The Labute approximate surface area is 145 Å². The van der Waals surface area contributed by atoms with Crippen molar-refractivity contribution in [2.45, 2.75) is 53.1 Å². The van der Waals surface area contributed by atoms with Gasteiger partial charge in [-0.05, 0) is 33.9 Å². The lowest BCUT2D eigenvalue weighted by atomic mass is 9.93. The van der Waals surface area contributed by atoms with Gasteiger partial charge in [-0.15, -0.1) is 11.3 Å². The standard InChI is InChI=1S/C17H33N5S/c1-8-14(9-2)15(22(6)7)10-19-17(18-5)20-11-16-12(3)21-13(4)23-16/h14-15H,8-11H2,1-7H3,(H2,18,19,20). The Balaban J connectivity index is 2.57. The maximum atomic E-state index is 4.47. The van der Waals surface area contributed by atoms with Crippen LogP contribution in [0.3, 0.4) is 0 Å². The predicted molar refractivity (Wildman–Crippen MR) is 101 cm³/mol. The number of hydrogen-bond donors (Lipinski definition) is 2. The second kappa shape index (κ2) is 9.88. The van der Waals surface area contributed by atoms with Crippen LogP contribution >= 0.6 is 11.3 Å². The van der Waals surface area contributed by atoms with E-state index in [4.69, 9.17) is 0 Å². The molecular weight excluding hydrogens is 306 g/mol. The van der Waals surface area contributed by atoms with Crippen molar-refractivity contribution in [3.63, 3.8) is 0 Å². The average Bonchev–Trinajstić information content (AvgIpc) is 2.83. The SMILES string of the molecule is CCC(CC)C(CNC(=NC)NCc1sc(C)nc1C)N(C)C. The molecule has 0 aliphatic rings. The van der Waals surface area contributed by atoms with Crippen molar-refractivity contribution in [2.24, 2.45) is 10.9 Å². The summed E-state index contributed by atoms with van der Waals surface area (Å²) >= 11 is 1.74. The van der Waals surface area contributed by atoms with Crippen molar-refractivity contribution in [1.82, 2.24) is 20.5 Å². The first kappa shape index (κ1) is 19.9. The van der Waals surface area contributed by atoms with E-state index in [1.165, 1.54) is 17.7 Å². The van der Waals surface area contributed by atoms with Crippen LogP contribution in [0.4, 0.5) is 0 Å². The third kappa shape index (κ3) is 6.11. The zero-order valence-corrected chi connectivity index (χ0v) is 16.5. The highest BCUT2D eigenvalue weighted by atomic mass is 32.1. The molecule has 0 radical (unpaired) electrons. The Morgan fingerprint density at radius 2 is 1.87 bits per heavy atom. The average molecular weight is 340 g/mol. The second-order valence-corrected chi connectivity index (χ2v) is 7.44. The summed E-state index contributed by atoms with van der Waals surface area (Å²) < 4.78 is 0. The van der Waals surface area contributed by atoms with Crippen LogP contribution in [0.15, 0.2) is 4.99 Å². The number of rotatable bonds is 8. The first-order valence-electron chi connectivity index (χ1n) is 8.46. The molecule has 1 rings (SSSR count). The Kier molecular flexibility index (Phi) is 8.55. The molecule has 1 aromatic heterocycles. The Bertz CT molecular complexity index is 491. The van der Waals surface area contributed by atoms with Crippen LogP contribution in [-0.2, 0) is 6.54 Å². The van der Waals surface area contributed by atoms with Crippen molar-refractivity contribution >= 4 is 17.3 Å². The van der Waals surface area contributed by atoms with Crippen LogP contribution in [0.2, 0.25) is 0 Å². The lowest BCUT2D eigenvalue weighted by Gasteiger charge is -2.32. The van der Waals surface area contributed by atoms with Gasteiger partial charge in [0.2, 0.25) is 0 Å². The van der Waals surface area contributed by atoms with Gasteiger partial charge in [0.15, 0.2) is 5.96 Å². The lowest BCUT2D eigenvalue weighted by Crippen LogP contribution is -2.47. The fourth-order valence-corrected chi connectivity index (χ4v) is 3.80. The molecule has 2 N–H and O–H groups in total. The number of nitrogens with one attached hydrogen (secondary N) is 2. The molecule has 0 saturated carbocycles. The molecule has 0 amide bonds. The molecule has 0 aliphatic carbocycles. The van der Waals surface area contributed by atoms with E-state index in [1.807, 2.05) is 14.0 Å². The van der Waals surface area contributed by atoms with E-state index in [2.05, 4.69) is 60.4 Å². The fourth-order valence-electron chi connectivity index (χ4n) is 2.93. The van der Waals surface area contributed by atoms with E-state index in [-0.39, 0.29) is 0 Å². The molecule has 1 unspecified atom stereocenters. The van der Waals surface area contributed by atoms with E-state index >= 15 is 0 Å². The number of aromatic nitrogens is 1. The largest absolute Gasteiger partial charge is 0.355 e. The smallest absolute Gasteiger partial charge is 0.191 e. The van der Waals surface area contributed by atoms with Crippen molar-refractivity contribution in [3.8, 4) is 0 Å². The third-order valence-corrected chi connectivity index (χ3v) is 5.45. The van der Waals surface area contributed by atoms with E-state index in [1.54, 1.807) is 11.3 Å². The van der Waals surface area contributed by atoms with E-state index < -0.39 is 0 Å². The molecule has 1 atom stereocenters. The number of thiazole rings is 1. The first-order chi connectivity index (χ1) is 10.9. The maximum Gasteiger partial charge on any atom is 0.191 e. The molecule has 23 heavy (non-hydrogen) atoms. The van der Waals surface area contributed by atoms with Gasteiger partial charge in [-0.3, -0.25) is 4.99 Å². The summed E-state index contributed by atoms with van der Waals surface area (Å²) in [4.78, 5) is 12.4. The first-order valence-corrected chi connectivity index (χ1v) is 9.28. The predicted octanol–water partition coefficient (Wildman–Crippen LogP) is 2.79. The number of guanidine groups is 1. The van der Waals surface area contributed by atoms with Crippen molar-refractivity contribution < 1.29 is 0 Å². The monoisotopic (exact) mass is 339 g/mol. The number of aliphatic imine (C=N–C) groups is 1. The molecule has 0 aromatic carbocycles. The van der Waals surface area contributed by atoms with Crippen molar-refractivity contribution in [1.29, 1.82) is 0 Å². The van der Waals surface area contributed by atoms with Crippen molar-refractivity contribution in [3.05, 3.63) is 15.6 Å². The van der Waals surface area contributed by atoms with Gasteiger partial charge in [-0.1, -0.05) is 26.7 Å². The number of likely N-dealkylation sites (N-methyl/N-ethyl adjacent to an activating group) is 1. The van der Waals surface area contributed by atoms with Crippen molar-refractivity contribution in [2.75, 3.05) is 27.7 Å². The summed E-state index contributed by atoms with van der Waals surface area (Å²) in [6.07, 6.45) is 2.40. The molecule has 5 nitrogen and oxygen atoms in total. The van der Waals surface area contributed by atoms with E-state index in [0.717, 1.165) is 29.8 Å². The van der Waals surface area contributed by atoms with Crippen LogP contribution < -0.4 is 10.6 Å². The molecule has 0 aliphatic heterocycles. The summed E-state index contributed by atoms with van der Waals surface area (Å²) in [5, 5.41) is 7.99. The molecule has 0 fully saturated rings. The highest BCUT2D eigenvalue weighted by Gasteiger charge is 2.20. The zero-order chi connectivity index (χ0) is 17.4. The van der Waals surface area contributed by atoms with E-state index in [0.29, 0.717) is 12.0 Å². The molecule has 6 heteroatoms. The maximum absolute atomic E-state index is 4.47. The highest BCUT2D eigenvalue weighted by Crippen LogP contribution is 2.17. The van der Waals surface area contributed by atoms with Crippen LogP contribution in [0, 0.1) is 19.8 Å². The Hall–Kier alpha value is -1.14. The minimum Gasteiger partial charge on any atom is -0.355 e.